The van der Waals surface area contributed by atoms with Gasteiger partial charge in [0.25, 0.3) is 5.91 Å². The highest BCUT2D eigenvalue weighted by Crippen LogP contribution is 2.21. The van der Waals surface area contributed by atoms with Crippen molar-refractivity contribution in [2.24, 2.45) is 5.73 Å². The predicted octanol–water partition coefficient (Wildman–Crippen LogP) is 1.95. The number of aromatic hydroxyl groups is 1. The molecule has 1 fully saturated rings. The molecular formula is C23H24N4O4. The van der Waals surface area contributed by atoms with E-state index in [4.69, 9.17) is 10.5 Å². The number of nitrogens with two attached hydrogens (primary N) is 1. The molecule has 1 aliphatic heterocycles. The van der Waals surface area contributed by atoms with Crippen LogP contribution < -0.4 is 10.6 Å². The van der Waals surface area contributed by atoms with E-state index >= 15 is 0 Å². The quantitative estimate of drug-likeness (QED) is 0.502. The van der Waals surface area contributed by atoms with Gasteiger partial charge in [-0.25, -0.2) is 0 Å². The smallest absolute Gasteiger partial charge is 0.325 e. The number of esters is 1. The number of primary amides is 1. The molecule has 8 heteroatoms. The summed E-state index contributed by atoms with van der Waals surface area (Å²) in [6.07, 6.45) is 1.73. The van der Waals surface area contributed by atoms with Gasteiger partial charge >= 0.3 is 5.97 Å². The lowest BCUT2D eigenvalue weighted by atomic mass is 10.0. The van der Waals surface area contributed by atoms with Crippen LogP contribution in [0, 0.1) is 0 Å². The van der Waals surface area contributed by atoms with Crippen LogP contribution in [0.1, 0.15) is 32.9 Å². The number of phenols is 1. The summed E-state index contributed by atoms with van der Waals surface area (Å²) in [6, 6.07) is 14.8. The maximum Gasteiger partial charge on any atom is 0.325 e. The first kappa shape index (κ1) is 20.5. The van der Waals surface area contributed by atoms with Crippen LogP contribution in [0.15, 0.2) is 48.5 Å². The second kappa shape index (κ2) is 8.91. The fourth-order valence-electron chi connectivity index (χ4n) is 3.75. The third-order valence-electron chi connectivity index (χ3n) is 5.38. The molecule has 0 unspecified atom stereocenters. The first-order valence-corrected chi connectivity index (χ1v) is 10.1. The molecule has 1 amide bonds. The maximum atomic E-state index is 12.1. The Morgan fingerprint density at radius 1 is 1.10 bits per heavy atom. The van der Waals surface area contributed by atoms with Crippen LogP contribution in [-0.2, 0) is 28.8 Å². The molecule has 160 valence electrons. The van der Waals surface area contributed by atoms with E-state index in [2.05, 4.69) is 10.2 Å². The molecule has 4 N–H and O–H groups in total. The number of phenolic OH excluding ortho intramolecular Hbond substituents is 1. The molecule has 4 rings (SSSR count). The largest absolute Gasteiger partial charge is 0.508 e. The summed E-state index contributed by atoms with van der Waals surface area (Å²) in [6.45, 7) is 1.31. The summed E-state index contributed by atoms with van der Waals surface area (Å²) >= 11 is 0. The number of ether oxygens (including phenoxy) is 1. The molecule has 1 saturated heterocycles. The van der Waals surface area contributed by atoms with Crippen LogP contribution in [0.25, 0.3) is 0 Å². The highest BCUT2D eigenvalue weighted by atomic mass is 16.5. The van der Waals surface area contributed by atoms with Gasteiger partial charge in [-0.05, 0) is 48.2 Å². The van der Waals surface area contributed by atoms with E-state index in [1.807, 2.05) is 41.3 Å². The van der Waals surface area contributed by atoms with Gasteiger partial charge in [0.05, 0.1) is 23.5 Å². The van der Waals surface area contributed by atoms with Crippen molar-refractivity contribution in [3.8, 4) is 5.75 Å². The summed E-state index contributed by atoms with van der Waals surface area (Å²) in [4.78, 5) is 25.6. The van der Waals surface area contributed by atoms with E-state index in [9.17, 15) is 14.7 Å². The molecule has 0 saturated carbocycles. The van der Waals surface area contributed by atoms with Gasteiger partial charge in [0, 0.05) is 12.1 Å². The molecule has 0 atom stereocenters. The van der Waals surface area contributed by atoms with E-state index < -0.39 is 5.91 Å². The molecule has 2 aromatic carbocycles. The summed E-state index contributed by atoms with van der Waals surface area (Å²) < 4.78 is 4.98. The minimum atomic E-state index is -0.507. The average Bonchev–Trinajstić information content (AvgIpc) is 3.16. The van der Waals surface area contributed by atoms with Gasteiger partial charge < -0.3 is 20.5 Å². The average molecular weight is 420 g/mol. The number of nitrogens with one attached hydrogen (secondary N) is 1. The number of hydrogen-bond acceptors (Lipinski definition) is 6. The number of aromatic nitrogens is 2. The Balaban J connectivity index is 1.46. The van der Waals surface area contributed by atoms with Crippen LogP contribution in [0.4, 0.5) is 5.69 Å². The van der Waals surface area contributed by atoms with E-state index in [1.54, 1.807) is 12.1 Å². The zero-order valence-corrected chi connectivity index (χ0v) is 17.0. The van der Waals surface area contributed by atoms with E-state index in [1.165, 1.54) is 0 Å². The van der Waals surface area contributed by atoms with Gasteiger partial charge in [-0.2, -0.15) is 5.10 Å². The van der Waals surface area contributed by atoms with E-state index in [0.717, 1.165) is 16.8 Å². The Morgan fingerprint density at radius 3 is 2.48 bits per heavy atom. The van der Waals surface area contributed by atoms with Gasteiger partial charge in [0.15, 0.2) is 0 Å². The van der Waals surface area contributed by atoms with Crippen molar-refractivity contribution in [1.29, 1.82) is 0 Å². The summed E-state index contributed by atoms with van der Waals surface area (Å²) in [5.41, 5.74) is 10.4. The fourth-order valence-corrected chi connectivity index (χ4v) is 3.75. The number of aromatic amines is 1. The van der Waals surface area contributed by atoms with Crippen molar-refractivity contribution in [3.63, 3.8) is 0 Å². The minimum Gasteiger partial charge on any atom is -0.508 e. The first-order valence-electron chi connectivity index (χ1n) is 10.1. The lowest BCUT2D eigenvalue weighted by molar-refractivity contribution is -0.143. The second-order valence-electron chi connectivity index (χ2n) is 7.54. The Kier molecular flexibility index (Phi) is 5.88. The molecular weight excluding hydrogens is 396 g/mol. The van der Waals surface area contributed by atoms with Gasteiger partial charge in [-0.3, -0.25) is 14.7 Å². The number of carbonyl (C=O) groups is 2. The molecule has 31 heavy (non-hydrogen) atoms. The number of anilines is 1. The normalized spacial score (nSPS) is 13.8. The molecule has 8 nitrogen and oxygen atoms in total. The zero-order valence-electron chi connectivity index (χ0n) is 17.0. The Labute approximate surface area is 179 Å². The van der Waals surface area contributed by atoms with Crippen LogP contribution >= 0.6 is 0 Å². The third kappa shape index (κ3) is 4.85. The topological polar surface area (TPSA) is 122 Å². The number of benzene rings is 2. The van der Waals surface area contributed by atoms with Gasteiger partial charge in [0.2, 0.25) is 0 Å². The molecule has 1 aromatic heterocycles. The van der Waals surface area contributed by atoms with Gasteiger partial charge in [-0.1, -0.05) is 24.3 Å². The number of cyclic esters (lactones) is 1. The number of hydrogen-bond donors (Lipinski definition) is 3. The molecule has 3 aromatic rings. The maximum absolute atomic E-state index is 12.1. The number of nitrogens with zero attached hydrogens (tertiary/aromatic N) is 2. The Bertz CT molecular complexity index is 1070. The van der Waals surface area contributed by atoms with Crippen molar-refractivity contribution in [3.05, 3.63) is 76.6 Å². The fraction of sp³-hybridized carbons (Fsp3) is 0.261. The van der Waals surface area contributed by atoms with Crippen molar-refractivity contribution >= 4 is 17.6 Å². The number of rotatable bonds is 7. The Morgan fingerprint density at radius 2 is 1.81 bits per heavy atom. The van der Waals surface area contributed by atoms with Crippen molar-refractivity contribution in [1.82, 2.24) is 10.2 Å². The predicted molar refractivity (Wildman–Crippen MR) is 115 cm³/mol. The Hall–Kier alpha value is -3.81. The van der Waals surface area contributed by atoms with Crippen molar-refractivity contribution in [2.75, 3.05) is 24.6 Å². The summed E-state index contributed by atoms with van der Waals surface area (Å²) in [5.74, 6) is -0.513. The van der Waals surface area contributed by atoms with Crippen LogP contribution in [-0.4, -0.2) is 46.9 Å². The van der Waals surface area contributed by atoms with Crippen LogP contribution in [0.3, 0.4) is 0 Å². The number of morpholine rings is 1. The minimum absolute atomic E-state index is 0.217. The lowest BCUT2D eigenvalue weighted by Gasteiger charge is -2.27. The van der Waals surface area contributed by atoms with Gasteiger partial charge in [0.1, 0.15) is 18.9 Å². The highest BCUT2D eigenvalue weighted by molar-refractivity contribution is 5.95. The standard InChI is InChI=1S/C23H24N4O4/c24-23(30)22-19(10-5-15-3-8-18(28)9-4-15)25-26-20(22)13-16-1-6-17(7-2-16)27-11-12-31-21(29)14-27/h1-4,6-9,28H,5,10-14H2,(H2,24,30)(H,25,26). The first-order chi connectivity index (χ1) is 15.0. The number of carbonyl (C=O) groups excluding carboxylic acids is 2. The highest BCUT2D eigenvalue weighted by Gasteiger charge is 2.20. The molecule has 1 aliphatic rings. The molecule has 2 heterocycles. The molecule has 0 bridgehead atoms. The zero-order chi connectivity index (χ0) is 21.8. The van der Waals surface area contributed by atoms with E-state index in [0.29, 0.717) is 49.4 Å². The summed E-state index contributed by atoms with van der Waals surface area (Å²) in [7, 11) is 0. The third-order valence-corrected chi connectivity index (χ3v) is 5.38. The van der Waals surface area contributed by atoms with Crippen molar-refractivity contribution < 1.29 is 19.4 Å². The SMILES string of the molecule is NC(=O)c1c(CCc2ccc(O)cc2)n[nH]c1Cc1ccc(N2CCOC(=O)C2)cc1. The molecule has 0 aliphatic carbocycles. The van der Waals surface area contributed by atoms with Crippen LogP contribution in [0.5, 0.6) is 5.75 Å². The lowest BCUT2D eigenvalue weighted by Crippen LogP contribution is -2.39. The number of amides is 1. The monoisotopic (exact) mass is 420 g/mol. The van der Waals surface area contributed by atoms with Crippen molar-refractivity contribution in [2.45, 2.75) is 19.3 Å². The number of aryl methyl sites for hydroxylation is 2. The van der Waals surface area contributed by atoms with Gasteiger partial charge in [-0.15, -0.1) is 0 Å². The number of H-pyrrole nitrogens is 1. The molecule has 0 radical (unpaired) electrons. The van der Waals surface area contributed by atoms with E-state index in [-0.39, 0.29) is 18.3 Å². The summed E-state index contributed by atoms with van der Waals surface area (Å²) in [5, 5.41) is 16.7. The molecule has 0 spiro atoms. The van der Waals surface area contributed by atoms with Crippen LogP contribution in [0.2, 0.25) is 0 Å². The second-order valence-corrected chi connectivity index (χ2v) is 7.54.